The number of hydrogen-bond acceptors (Lipinski definition) is 4. The molecular weight excluding hydrogens is 507 g/mol. The van der Waals surface area contributed by atoms with Crippen molar-refractivity contribution in [2.24, 2.45) is 0 Å². The number of amides is 4. The molecule has 4 aromatic rings. The molecule has 0 bridgehead atoms. The summed E-state index contributed by atoms with van der Waals surface area (Å²) in [5.41, 5.74) is 2.56. The Labute approximate surface area is 227 Å². The predicted octanol–water partition coefficient (Wildman–Crippen LogP) is 4.97. The molecule has 2 heterocycles. The molecule has 4 amide bonds. The first kappa shape index (κ1) is 26.0. The Morgan fingerprint density at radius 2 is 1.15 bits per heavy atom. The van der Waals surface area contributed by atoms with E-state index in [1.807, 2.05) is 43.3 Å². The zero-order valence-corrected chi connectivity index (χ0v) is 22.1. The number of imide groups is 2. The summed E-state index contributed by atoms with van der Waals surface area (Å²) in [7, 11) is -0.895. The van der Waals surface area contributed by atoms with Gasteiger partial charge < -0.3 is 0 Å². The molecule has 0 saturated heterocycles. The van der Waals surface area contributed by atoms with E-state index in [9.17, 15) is 19.2 Å². The van der Waals surface area contributed by atoms with Gasteiger partial charge in [0.15, 0.2) is 0 Å². The molecule has 0 radical (unpaired) electrons. The van der Waals surface area contributed by atoms with E-state index in [1.54, 1.807) is 48.5 Å². The summed E-state index contributed by atoms with van der Waals surface area (Å²) in [6.07, 6.45) is 1.57. The van der Waals surface area contributed by atoms with Crippen molar-refractivity contribution in [2.75, 3.05) is 0 Å². The highest BCUT2D eigenvalue weighted by Crippen LogP contribution is 2.43. The summed E-state index contributed by atoms with van der Waals surface area (Å²) in [4.78, 5) is 49.8. The first-order chi connectivity index (χ1) is 18.9. The normalized spacial score (nSPS) is 14.4. The SMILES string of the molecule is C=Cc1cccc2c1C(=O)NC2=O.CC(N1C(=O)c2ccccc2C1=O)P(c1ccccc1)c1ccccc1. The first-order valence-corrected chi connectivity index (χ1v) is 13.8. The fourth-order valence-corrected chi connectivity index (χ4v) is 7.42. The van der Waals surface area contributed by atoms with E-state index in [0.717, 1.165) is 10.6 Å². The molecule has 4 aromatic carbocycles. The molecule has 7 heteroatoms. The average molecular weight is 533 g/mol. The Kier molecular flexibility index (Phi) is 7.31. The van der Waals surface area contributed by atoms with Crippen LogP contribution in [0.1, 0.15) is 53.9 Å². The maximum atomic E-state index is 12.9. The number of hydrogen-bond donors (Lipinski definition) is 1. The largest absolute Gasteiger partial charge is 0.288 e. The number of carbonyl (C=O) groups is 4. The molecular formula is C32H25N2O4P. The molecule has 39 heavy (non-hydrogen) atoms. The van der Waals surface area contributed by atoms with E-state index in [0.29, 0.717) is 27.8 Å². The van der Waals surface area contributed by atoms with Gasteiger partial charge in [-0.1, -0.05) is 97.6 Å². The second kappa shape index (κ2) is 11.0. The van der Waals surface area contributed by atoms with Crippen LogP contribution in [0.25, 0.3) is 6.08 Å². The summed E-state index contributed by atoms with van der Waals surface area (Å²) >= 11 is 0. The lowest BCUT2D eigenvalue weighted by molar-refractivity contribution is 0.0643. The molecule has 192 valence electrons. The summed E-state index contributed by atoms with van der Waals surface area (Å²) in [6.45, 7) is 5.56. The van der Waals surface area contributed by atoms with Crippen molar-refractivity contribution in [3.63, 3.8) is 0 Å². The minimum atomic E-state index is -0.895. The van der Waals surface area contributed by atoms with Gasteiger partial charge >= 0.3 is 0 Å². The lowest BCUT2D eigenvalue weighted by atomic mass is 10.0. The third-order valence-electron chi connectivity index (χ3n) is 6.66. The van der Waals surface area contributed by atoms with Crippen molar-refractivity contribution in [2.45, 2.75) is 12.7 Å². The van der Waals surface area contributed by atoms with E-state index >= 15 is 0 Å². The van der Waals surface area contributed by atoms with Crippen LogP contribution in [0.3, 0.4) is 0 Å². The fourth-order valence-electron chi connectivity index (χ4n) is 4.84. The third kappa shape index (κ3) is 4.83. The lowest BCUT2D eigenvalue weighted by Gasteiger charge is -2.31. The molecule has 0 aromatic heterocycles. The van der Waals surface area contributed by atoms with Crippen LogP contribution in [0.4, 0.5) is 0 Å². The van der Waals surface area contributed by atoms with Gasteiger partial charge in [-0.15, -0.1) is 0 Å². The van der Waals surface area contributed by atoms with E-state index < -0.39 is 7.92 Å². The van der Waals surface area contributed by atoms with Crippen molar-refractivity contribution in [1.82, 2.24) is 10.2 Å². The minimum absolute atomic E-state index is 0.197. The van der Waals surface area contributed by atoms with Gasteiger partial charge in [-0.3, -0.25) is 29.4 Å². The maximum Gasteiger partial charge on any atom is 0.262 e. The number of fused-ring (bicyclic) bond motifs is 2. The third-order valence-corrected chi connectivity index (χ3v) is 9.34. The van der Waals surface area contributed by atoms with Crippen LogP contribution in [-0.2, 0) is 0 Å². The smallest absolute Gasteiger partial charge is 0.262 e. The van der Waals surface area contributed by atoms with Crippen molar-refractivity contribution < 1.29 is 19.2 Å². The first-order valence-electron chi connectivity index (χ1n) is 12.4. The molecule has 2 aliphatic heterocycles. The van der Waals surface area contributed by atoms with Crippen LogP contribution in [0.15, 0.2) is 110 Å². The average Bonchev–Trinajstić information content (AvgIpc) is 3.41. The Morgan fingerprint density at radius 3 is 1.67 bits per heavy atom. The molecule has 1 N–H and O–H groups in total. The standard InChI is InChI=1S/C22H18NO2P.C10H7NO2/c1-16(23-21(24)19-14-8-9-15-20(19)22(23)25)26(17-10-4-2-5-11-17)18-12-6-3-7-13-18;1-2-6-4-3-5-7-8(6)10(13)11-9(7)12/h2-16H,1H3;2-5H,1H2,(H,11,12,13). The Bertz CT molecular complexity index is 1530. The number of rotatable bonds is 5. The number of nitrogens with zero attached hydrogens (tertiary/aromatic N) is 1. The van der Waals surface area contributed by atoms with E-state index in [1.165, 1.54) is 4.90 Å². The second-order valence-electron chi connectivity index (χ2n) is 8.96. The predicted molar refractivity (Wildman–Crippen MR) is 154 cm³/mol. The van der Waals surface area contributed by atoms with Crippen LogP contribution in [-0.4, -0.2) is 34.3 Å². The zero-order valence-electron chi connectivity index (χ0n) is 21.2. The van der Waals surface area contributed by atoms with Crippen LogP contribution in [0.2, 0.25) is 0 Å². The molecule has 0 fully saturated rings. The molecule has 6 rings (SSSR count). The van der Waals surface area contributed by atoms with E-state index in [2.05, 4.69) is 36.2 Å². The highest BCUT2D eigenvalue weighted by molar-refractivity contribution is 7.73. The zero-order chi connectivity index (χ0) is 27.5. The Morgan fingerprint density at radius 1 is 0.667 bits per heavy atom. The van der Waals surface area contributed by atoms with Crippen molar-refractivity contribution in [3.8, 4) is 0 Å². The van der Waals surface area contributed by atoms with E-state index in [4.69, 9.17) is 0 Å². The second-order valence-corrected chi connectivity index (χ2v) is 11.5. The molecule has 2 aliphatic rings. The van der Waals surface area contributed by atoms with Crippen molar-refractivity contribution in [3.05, 3.63) is 138 Å². The number of benzene rings is 4. The lowest BCUT2D eigenvalue weighted by Crippen LogP contribution is -2.40. The molecule has 0 aliphatic carbocycles. The molecule has 0 saturated carbocycles. The molecule has 6 nitrogen and oxygen atoms in total. The van der Waals surface area contributed by atoms with Crippen molar-refractivity contribution in [1.29, 1.82) is 0 Å². The molecule has 0 spiro atoms. The quantitative estimate of drug-likeness (QED) is 0.291. The van der Waals surface area contributed by atoms with Crippen LogP contribution >= 0.6 is 7.92 Å². The van der Waals surface area contributed by atoms with Crippen molar-refractivity contribution >= 4 is 48.2 Å². The fraction of sp³-hybridized carbons (Fsp3) is 0.0625. The van der Waals surface area contributed by atoms with E-state index in [-0.39, 0.29) is 29.4 Å². The van der Waals surface area contributed by atoms with Gasteiger partial charge in [0, 0.05) is 0 Å². The Hall–Kier alpha value is -4.67. The van der Waals surface area contributed by atoms with Crippen LogP contribution < -0.4 is 15.9 Å². The van der Waals surface area contributed by atoms with Gasteiger partial charge in [-0.2, -0.15) is 0 Å². The number of carbonyl (C=O) groups excluding carboxylic acids is 4. The monoisotopic (exact) mass is 532 g/mol. The summed E-state index contributed by atoms with van der Waals surface area (Å²) < 4.78 is 0. The maximum absolute atomic E-state index is 12.9. The van der Waals surface area contributed by atoms with Gasteiger partial charge in [0.2, 0.25) is 0 Å². The van der Waals surface area contributed by atoms with Gasteiger partial charge in [0.25, 0.3) is 23.6 Å². The number of nitrogens with one attached hydrogen (secondary N) is 1. The van der Waals surface area contributed by atoms with Gasteiger partial charge in [-0.05, 0) is 49.2 Å². The molecule has 1 atom stereocenters. The molecule has 1 unspecified atom stereocenters. The summed E-state index contributed by atoms with van der Waals surface area (Å²) in [6, 6.07) is 32.5. The van der Waals surface area contributed by atoms with Gasteiger partial charge in [0.1, 0.15) is 0 Å². The van der Waals surface area contributed by atoms with Crippen LogP contribution in [0, 0.1) is 0 Å². The highest BCUT2D eigenvalue weighted by Gasteiger charge is 2.41. The highest BCUT2D eigenvalue weighted by atomic mass is 31.1. The summed E-state index contributed by atoms with van der Waals surface area (Å²) in [5.74, 6) is -1.30. The van der Waals surface area contributed by atoms with Crippen LogP contribution in [0.5, 0.6) is 0 Å². The topological polar surface area (TPSA) is 83.6 Å². The summed E-state index contributed by atoms with van der Waals surface area (Å²) in [5, 5.41) is 4.53. The Balaban J connectivity index is 0.000000198. The van der Waals surface area contributed by atoms with Gasteiger partial charge in [-0.25, -0.2) is 0 Å². The van der Waals surface area contributed by atoms with Gasteiger partial charge in [0.05, 0.1) is 28.0 Å². The minimum Gasteiger partial charge on any atom is -0.288 e.